The Balaban J connectivity index is 1.90. The van der Waals surface area contributed by atoms with Gasteiger partial charge in [-0.3, -0.25) is 4.79 Å². The van der Waals surface area contributed by atoms with Crippen LogP contribution in [0.25, 0.3) is 0 Å². The topological polar surface area (TPSA) is 66.2 Å². The molecule has 1 fully saturated rings. The molecule has 0 N–H and O–H groups in total. The first-order valence-corrected chi connectivity index (χ1v) is 8.40. The number of benzene rings is 1. The van der Waals surface area contributed by atoms with Gasteiger partial charge in [-0.15, -0.1) is 0 Å². The minimum absolute atomic E-state index is 0.0415. The van der Waals surface area contributed by atoms with Crippen molar-refractivity contribution in [2.75, 3.05) is 6.61 Å². The fourth-order valence-corrected chi connectivity index (χ4v) is 3.34. The third-order valence-electron chi connectivity index (χ3n) is 4.66. The van der Waals surface area contributed by atoms with Gasteiger partial charge in [-0.1, -0.05) is 30.3 Å². The number of rotatable bonds is 2. The second-order valence-electron chi connectivity index (χ2n) is 6.41. The van der Waals surface area contributed by atoms with Crippen molar-refractivity contribution in [1.82, 2.24) is 9.88 Å². The molecule has 3 atom stereocenters. The lowest BCUT2D eigenvalue weighted by atomic mass is 9.98. The molecule has 2 heterocycles. The third-order valence-corrected chi connectivity index (χ3v) is 4.66. The molecule has 128 valence electrons. The number of aryl methyl sites for hydroxylation is 1. The molecule has 1 aliphatic heterocycles. The largest absolute Gasteiger partial charge is 0.369 e. The number of morpholine rings is 1. The highest BCUT2D eigenvalue weighted by atomic mass is 16.5. The number of hydrogen-bond acceptors (Lipinski definition) is 4. The lowest BCUT2D eigenvalue weighted by Crippen LogP contribution is -2.53. The maximum atomic E-state index is 13.1. The van der Waals surface area contributed by atoms with E-state index < -0.39 is 0 Å². The van der Waals surface area contributed by atoms with Gasteiger partial charge in [-0.2, -0.15) is 5.26 Å². The zero-order chi connectivity index (χ0) is 18.0. The summed E-state index contributed by atoms with van der Waals surface area (Å²) in [7, 11) is 0. The summed E-state index contributed by atoms with van der Waals surface area (Å²) in [4.78, 5) is 19.2. The van der Waals surface area contributed by atoms with Gasteiger partial charge in [0.15, 0.2) is 0 Å². The molecule has 5 nitrogen and oxygen atoms in total. The van der Waals surface area contributed by atoms with E-state index in [4.69, 9.17) is 10.00 Å². The van der Waals surface area contributed by atoms with Crippen LogP contribution in [0.1, 0.15) is 47.3 Å². The Labute approximate surface area is 147 Å². The number of carbonyl (C=O) groups is 1. The molecule has 1 aromatic carbocycles. The van der Waals surface area contributed by atoms with Gasteiger partial charge in [-0.25, -0.2) is 4.98 Å². The zero-order valence-corrected chi connectivity index (χ0v) is 14.6. The second-order valence-corrected chi connectivity index (χ2v) is 6.41. The molecular formula is C20H21N3O2. The zero-order valence-electron chi connectivity index (χ0n) is 14.6. The van der Waals surface area contributed by atoms with Crippen molar-refractivity contribution in [3.63, 3.8) is 0 Å². The summed E-state index contributed by atoms with van der Waals surface area (Å²) in [5, 5.41) is 9.04. The average Bonchev–Trinajstić information content (AvgIpc) is 2.62. The number of amides is 1. The third kappa shape index (κ3) is 3.26. The van der Waals surface area contributed by atoms with E-state index in [1.165, 1.54) is 0 Å². The molecule has 3 rings (SSSR count). The van der Waals surface area contributed by atoms with Crippen molar-refractivity contribution in [2.24, 2.45) is 0 Å². The highest BCUT2D eigenvalue weighted by Crippen LogP contribution is 2.31. The summed E-state index contributed by atoms with van der Waals surface area (Å²) in [6, 6.07) is 15.1. The summed E-state index contributed by atoms with van der Waals surface area (Å²) in [6.07, 6.45) is -0.166. The van der Waals surface area contributed by atoms with Crippen LogP contribution in [0.5, 0.6) is 0 Å². The van der Waals surface area contributed by atoms with Crippen LogP contribution in [-0.2, 0) is 4.74 Å². The predicted octanol–water partition coefficient (Wildman–Crippen LogP) is 3.25. The lowest BCUT2D eigenvalue weighted by molar-refractivity contribution is -0.0807. The molecule has 0 unspecified atom stereocenters. The number of pyridine rings is 1. The van der Waals surface area contributed by atoms with E-state index in [1.54, 1.807) is 19.1 Å². The summed E-state index contributed by atoms with van der Waals surface area (Å²) < 4.78 is 6.01. The van der Waals surface area contributed by atoms with Crippen LogP contribution in [0.3, 0.4) is 0 Å². The maximum absolute atomic E-state index is 13.1. The molecule has 0 aliphatic carbocycles. The number of carbonyl (C=O) groups excluding carboxylic acids is 1. The second kappa shape index (κ2) is 7.04. The SMILES string of the molecule is Cc1nc(C(=O)N2[C@H](C)CO[C@@H](c3ccccc3)[C@@H]2C)ccc1C#N. The van der Waals surface area contributed by atoms with Gasteiger partial charge < -0.3 is 9.64 Å². The van der Waals surface area contributed by atoms with Gasteiger partial charge in [0, 0.05) is 0 Å². The van der Waals surface area contributed by atoms with Gasteiger partial charge in [0.1, 0.15) is 17.9 Å². The van der Waals surface area contributed by atoms with Crippen molar-refractivity contribution in [1.29, 1.82) is 5.26 Å². The fraction of sp³-hybridized carbons (Fsp3) is 0.350. The van der Waals surface area contributed by atoms with Crippen LogP contribution in [-0.4, -0.2) is 34.5 Å². The van der Waals surface area contributed by atoms with E-state index in [-0.39, 0.29) is 24.1 Å². The van der Waals surface area contributed by atoms with Crippen LogP contribution in [0, 0.1) is 18.3 Å². The highest BCUT2D eigenvalue weighted by Gasteiger charge is 2.37. The average molecular weight is 335 g/mol. The minimum atomic E-state index is -0.166. The first-order chi connectivity index (χ1) is 12.0. The Morgan fingerprint density at radius 3 is 2.60 bits per heavy atom. The van der Waals surface area contributed by atoms with E-state index in [2.05, 4.69) is 11.1 Å². The molecule has 0 bridgehead atoms. The van der Waals surface area contributed by atoms with E-state index in [1.807, 2.05) is 49.1 Å². The van der Waals surface area contributed by atoms with Gasteiger partial charge in [0.2, 0.25) is 0 Å². The lowest BCUT2D eigenvalue weighted by Gasteiger charge is -2.43. The number of ether oxygens (including phenoxy) is 1. The van der Waals surface area contributed by atoms with E-state index >= 15 is 0 Å². The quantitative estimate of drug-likeness (QED) is 0.845. The molecule has 0 saturated carbocycles. The first-order valence-electron chi connectivity index (χ1n) is 8.40. The Kier molecular flexibility index (Phi) is 4.82. The highest BCUT2D eigenvalue weighted by molar-refractivity contribution is 5.93. The van der Waals surface area contributed by atoms with Crippen molar-refractivity contribution < 1.29 is 9.53 Å². The van der Waals surface area contributed by atoms with Crippen LogP contribution in [0.4, 0.5) is 0 Å². The molecule has 0 radical (unpaired) electrons. The maximum Gasteiger partial charge on any atom is 0.273 e. The van der Waals surface area contributed by atoms with Gasteiger partial charge in [0.25, 0.3) is 5.91 Å². The Morgan fingerprint density at radius 1 is 1.24 bits per heavy atom. The van der Waals surface area contributed by atoms with Crippen LogP contribution < -0.4 is 0 Å². The van der Waals surface area contributed by atoms with Crippen molar-refractivity contribution in [3.8, 4) is 6.07 Å². The van der Waals surface area contributed by atoms with Crippen molar-refractivity contribution in [3.05, 3.63) is 65.0 Å². The van der Waals surface area contributed by atoms with Crippen molar-refractivity contribution >= 4 is 5.91 Å². The van der Waals surface area contributed by atoms with Gasteiger partial charge in [-0.05, 0) is 38.5 Å². The number of hydrogen-bond donors (Lipinski definition) is 0. The minimum Gasteiger partial charge on any atom is -0.369 e. The smallest absolute Gasteiger partial charge is 0.273 e. The molecule has 1 amide bonds. The molecule has 2 aromatic rings. The van der Waals surface area contributed by atoms with Crippen LogP contribution >= 0.6 is 0 Å². The fourth-order valence-electron chi connectivity index (χ4n) is 3.34. The van der Waals surface area contributed by atoms with Crippen molar-refractivity contribution in [2.45, 2.75) is 39.0 Å². The summed E-state index contributed by atoms with van der Waals surface area (Å²) in [5.74, 6) is -0.128. The normalized spacial score (nSPS) is 23.1. The van der Waals surface area contributed by atoms with Crippen LogP contribution in [0.2, 0.25) is 0 Å². The van der Waals surface area contributed by atoms with E-state index in [0.717, 1.165) is 5.56 Å². The summed E-state index contributed by atoms with van der Waals surface area (Å²) in [5.41, 5.74) is 2.48. The number of aromatic nitrogens is 1. The van der Waals surface area contributed by atoms with E-state index in [0.29, 0.717) is 23.6 Å². The monoisotopic (exact) mass is 335 g/mol. The number of nitrogens with zero attached hydrogens (tertiary/aromatic N) is 3. The van der Waals surface area contributed by atoms with Gasteiger partial charge in [0.05, 0.1) is 29.9 Å². The van der Waals surface area contributed by atoms with Gasteiger partial charge >= 0.3 is 0 Å². The van der Waals surface area contributed by atoms with Crippen LogP contribution in [0.15, 0.2) is 42.5 Å². The summed E-state index contributed by atoms with van der Waals surface area (Å²) >= 11 is 0. The molecule has 1 aromatic heterocycles. The Hall–Kier alpha value is -2.71. The molecule has 1 saturated heterocycles. The van der Waals surface area contributed by atoms with E-state index in [9.17, 15) is 4.79 Å². The first kappa shape index (κ1) is 17.1. The Bertz CT molecular complexity index is 813. The molecule has 1 aliphatic rings. The summed E-state index contributed by atoms with van der Waals surface area (Å²) in [6.45, 7) is 6.20. The standard InChI is InChI=1S/C20H21N3O2/c1-13-12-25-19(16-7-5-4-6-8-16)15(3)23(13)20(24)18-10-9-17(11-21)14(2)22-18/h4-10,13,15,19H,12H2,1-3H3/t13-,15+,19-/m1/s1. The predicted molar refractivity (Wildman–Crippen MR) is 93.9 cm³/mol. The Morgan fingerprint density at radius 2 is 1.96 bits per heavy atom. The molecular weight excluding hydrogens is 314 g/mol. The number of nitriles is 1. The molecule has 0 spiro atoms. The molecule has 25 heavy (non-hydrogen) atoms. The molecule has 5 heteroatoms.